The minimum absolute atomic E-state index is 0.0323. The number of hydrogen-bond acceptors (Lipinski definition) is 3. The number of halogens is 2. The molecule has 3 rings (SSSR count). The Balaban J connectivity index is 1.52. The number of hydrogen-bond donors (Lipinski definition) is 1. The predicted molar refractivity (Wildman–Crippen MR) is 106 cm³/mol. The van der Waals surface area contributed by atoms with Gasteiger partial charge in [-0.1, -0.05) is 17.7 Å². The molecule has 1 aromatic heterocycles. The third-order valence-electron chi connectivity index (χ3n) is 5.00. The van der Waals surface area contributed by atoms with Crippen molar-refractivity contribution in [1.82, 2.24) is 0 Å². The van der Waals surface area contributed by atoms with E-state index < -0.39 is 0 Å². The molecule has 1 fully saturated rings. The minimum atomic E-state index is -0.0323. The van der Waals surface area contributed by atoms with Gasteiger partial charge in [0.05, 0.1) is 13.2 Å². The number of benzene rings is 1. The maximum absolute atomic E-state index is 9.29. The fourth-order valence-electron chi connectivity index (χ4n) is 3.69. The van der Waals surface area contributed by atoms with Crippen LogP contribution in [0.2, 0.25) is 5.02 Å². The van der Waals surface area contributed by atoms with Crippen molar-refractivity contribution < 1.29 is 9.84 Å². The molecule has 1 N–H and O–H groups in total. The average molecular weight is 399 g/mol. The van der Waals surface area contributed by atoms with Crippen LogP contribution in [0.5, 0.6) is 5.75 Å². The Bertz CT molecular complexity index is 660. The van der Waals surface area contributed by atoms with Crippen LogP contribution in [0.3, 0.4) is 0 Å². The van der Waals surface area contributed by atoms with E-state index >= 15 is 0 Å². The first-order valence-electron chi connectivity index (χ1n) is 8.85. The van der Waals surface area contributed by atoms with Crippen molar-refractivity contribution in [3.8, 4) is 5.75 Å². The van der Waals surface area contributed by atoms with Crippen LogP contribution >= 0.6 is 34.5 Å². The van der Waals surface area contributed by atoms with E-state index in [1.54, 1.807) is 12.1 Å². The van der Waals surface area contributed by atoms with Crippen LogP contribution in [0.4, 0.5) is 0 Å². The number of alkyl halides is 1. The van der Waals surface area contributed by atoms with E-state index in [2.05, 4.69) is 17.5 Å². The van der Waals surface area contributed by atoms with E-state index in [1.165, 1.54) is 11.3 Å². The number of aliphatic hydroxyl groups is 1. The molecule has 0 bridgehead atoms. The third kappa shape index (κ3) is 5.37. The van der Waals surface area contributed by atoms with Crippen LogP contribution in [-0.2, 0) is 13.0 Å². The first-order chi connectivity index (χ1) is 12.2. The highest BCUT2D eigenvalue weighted by atomic mass is 35.5. The van der Waals surface area contributed by atoms with E-state index in [0.717, 1.165) is 37.0 Å². The smallest absolute Gasteiger partial charge is 0.121 e. The summed E-state index contributed by atoms with van der Waals surface area (Å²) in [4.78, 5) is 1.45. The Morgan fingerprint density at radius 3 is 2.88 bits per heavy atom. The van der Waals surface area contributed by atoms with Gasteiger partial charge in [0, 0.05) is 15.3 Å². The van der Waals surface area contributed by atoms with Crippen molar-refractivity contribution in [1.29, 1.82) is 0 Å². The Kier molecular flexibility index (Phi) is 7.06. The molecule has 0 aliphatic heterocycles. The van der Waals surface area contributed by atoms with Crippen LogP contribution in [-0.4, -0.2) is 17.1 Å². The zero-order chi connectivity index (χ0) is 17.6. The quantitative estimate of drug-likeness (QED) is 0.558. The normalized spacial score (nSPS) is 23.1. The van der Waals surface area contributed by atoms with Crippen molar-refractivity contribution in [2.24, 2.45) is 11.8 Å². The average Bonchev–Trinajstić information content (AvgIpc) is 3.23. The van der Waals surface area contributed by atoms with Gasteiger partial charge in [-0.15, -0.1) is 22.9 Å². The zero-order valence-corrected chi connectivity index (χ0v) is 16.5. The van der Waals surface area contributed by atoms with Gasteiger partial charge in [-0.3, -0.25) is 0 Å². The lowest BCUT2D eigenvalue weighted by Gasteiger charge is -2.22. The van der Waals surface area contributed by atoms with Gasteiger partial charge in [-0.25, -0.2) is 0 Å². The van der Waals surface area contributed by atoms with Gasteiger partial charge >= 0.3 is 0 Å². The second-order valence-corrected chi connectivity index (χ2v) is 8.78. The molecule has 1 aliphatic rings. The van der Waals surface area contributed by atoms with Gasteiger partial charge in [0.15, 0.2) is 0 Å². The molecule has 2 nitrogen and oxygen atoms in total. The van der Waals surface area contributed by atoms with Crippen molar-refractivity contribution in [2.45, 2.75) is 44.1 Å². The lowest BCUT2D eigenvalue weighted by molar-refractivity contribution is 0.207. The van der Waals surface area contributed by atoms with E-state index in [9.17, 15) is 5.11 Å². The molecule has 136 valence electrons. The summed E-state index contributed by atoms with van der Waals surface area (Å²) in [6.07, 6.45) is 5.65. The van der Waals surface area contributed by atoms with E-state index in [-0.39, 0.29) is 12.0 Å². The summed E-state index contributed by atoms with van der Waals surface area (Å²) in [7, 11) is 0. The molecule has 0 spiro atoms. The van der Waals surface area contributed by atoms with Crippen molar-refractivity contribution in [2.75, 3.05) is 6.61 Å². The highest BCUT2D eigenvalue weighted by molar-refractivity contribution is 7.09. The standard InChI is InChI=1S/C20H24Cl2O2S/c21-16-9-14(12-23)10-17(11-16)24-13-15-6-7-20(22)19(15)5-1-3-18-4-2-8-25-18/h2,4,8-11,15,19-20,23H,1,3,5-7,12-13H2/t15-,19-,20-/m1/s1. The molecule has 0 unspecified atom stereocenters. The van der Waals surface area contributed by atoms with E-state index in [0.29, 0.717) is 23.5 Å². The highest BCUT2D eigenvalue weighted by Crippen LogP contribution is 2.39. The van der Waals surface area contributed by atoms with Crippen LogP contribution in [0.15, 0.2) is 35.7 Å². The predicted octanol–water partition coefficient (Wildman–Crippen LogP) is 5.93. The Morgan fingerprint density at radius 2 is 2.12 bits per heavy atom. The van der Waals surface area contributed by atoms with Crippen molar-refractivity contribution >= 4 is 34.5 Å². The number of rotatable bonds is 8. The second kappa shape index (κ2) is 9.27. The molecule has 0 radical (unpaired) electrons. The van der Waals surface area contributed by atoms with Crippen LogP contribution < -0.4 is 4.74 Å². The topological polar surface area (TPSA) is 29.5 Å². The Labute approximate surface area is 163 Å². The number of thiophene rings is 1. The first-order valence-corrected chi connectivity index (χ1v) is 10.5. The summed E-state index contributed by atoms with van der Waals surface area (Å²) in [5, 5.41) is 12.3. The summed E-state index contributed by atoms with van der Waals surface area (Å²) < 4.78 is 5.99. The first kappa shape index (κ1) is 19.0. The van der Waals surface area contributed by atoms with Crippen LogP contribution in [0.25, 0.3) is 0 Å². The van der Waals surface area contributed by atoms with Crippen molar-refractivity contribution in [3.63, 3.8) is 0 Å². The largest absolute Gasteiger partial charge is 0.493 e. The molecular formula is C20H24Cl2O2S. The van der Waals surface area contributed by atoms with Gasteiger partial charge in [0.25, 0.3) is 0 Å². The molecule has 25 heavy (non-hydrogen) atoms. The van der Waals surface area contributed by atoms with E-state index in [4.69, 9.17) is 27.9 Å². The van der Waals surface area contributed by atoms with E-state index in [1.807, 2.05) is 17.4 Å². The molecule has 5 heteroatoms. The lowest BCUT2D eigenvalue weighted by atomic mass is 9.91. The van der Waals surface area contributed by atoms with Gasteiger partial charge in [0.2, 0.25) is 0 Å². The molecule has 1 heterocycles. The molecule has 3 atom stereocenters. The summed E-state index contributed by atoms with van der Waals surface area (Å²) >= 11 is 14.5. The van der Waals surface area contributed by atoms with Gasteiger partial charge in [-0.2, -0.15) is 0 Å². The molecule has 1 aliphatic carbocycles. The molecule has 2 aromatic rings. The monoisotopic (exact) mass is 398 g/mol. The van der Waals surface area contributed by atoms with Crippen LogP contribution in [0, 0.1) is 11.8 Å². The summed E-state index contributed by atoms with van der Waals surface area (Å²) in [5.41, 5.74) is 0.775. The molecule has 1 aromatic carbocycles. The SMILES string of the molecule is OCc1cc(Cl)cc(OC[C@H]2CC[C@@H](Cl)[C@@H]2CCCc2cccs2)c1. The van der Waals surface area contributed by atoms with Crippen LogP contribution in [0.1, 0.15) is 36.1 Å². The molecule has 0 amide bonds. The number of aryl methyl sites for hydroxylation is 1. The maximum atomic E-state index is 9.29. The molecule has 1 saturated carbocycles. The van der Waals surface area contributed by atoms with Gasteiger partial charge in [0.1, 0.15) is 5.75 Å². The third-order valence-corrected chi connectivity index (χ3v) is 6.70. The summed E-state index contributed by atoms with van der Waals surface area (Å²) in [5.74, 6) is 1.73. The van der Waals surface area contributed by atoms with Crippen molar-refractivity contribution in [3.05, 3.63) is 51.2 Å². The Morgan fingerprint density at radius 1 is 1.24 bits per heavy atom. The highest BCUT2D eigenvalue weighted by Gasteiger charge is 2.34. The zero-order valence-electron chi connectivity index (χ0n) is 14.2. The lowest BCUT2D eigenvalue weighted by Crippen LogP contribution is -2.21. The molecule has 0 saturated heterocycles. The summed E-state index contributed by atoms with van der Waals surface area (Å²) in [6.45, 7) is 0.632. The second-order valence-electron chi connectivity index (χ2n) is 6.75. The van der Waals surface area contributed by atoms with Gasteiger partial charge < -0.3 is 9.84 Å². The maximum Gasteiger partial charge on any atom is 0.121 e. The van der Waals surface area contributed by atoms with Gasteiger partial charge in [-0.05, 0) is 79.1 Å². The number of aliphatic hydroxyl groups excluding tert-OH is 1. The minimum Gasteiger partial charge on any atom is -0.493 e. The fraction of sp³-hybridized carbons (Fsp3) is 0.500. The Hall–Kier alpha value is -0.740. The molecular weight excluding hydrogens is 375 g/mol. The number of ether oxygens (including phenoxy) is 1. The fourth-order valence-corrected chi connectivity index (χ4v) is 5.14. The summed E-state index contributed by atoms with van der Waals surface area (Å²) in [6, 6.07) is 9.73.